The van der Waals surface area contributed by atoms with Gasteiger partial charge in [-0.15, -0.1) is 0 Å². The fourth-order valence-electron chi connectivity index (χ4n) is 1.84. The van der Waals surface area contributed by atoms with Gasteiger partial charge in [0.15, 0.2) is 5.82 Å². The van der Waals surface area contributed by atoms with E-state index in [1.165, 1.54) is 0 Å². The quantitative estimate of drug-likeness (QED) is 0.878. The zero-order valence-electron chi connectivity index (χ0n) is 11.1. The number of anilines is 1. The van der Waals surface area contributed by atoms with Crippen molar-refractivity contribution in [2.24, 2.45) is 7.05 Å². The Morgan fingerprint density at radius 1 is 1.28 bits per heavy atom. The molecule has 0 radical (unpaired) electrons. The molecule has 2 heterocycles. The summed E-state index contributed by atoms with van der Waals surface area (Å²) in [5.74, 6) is 1.61. The van der Waals surface area contributed by atoms with Crippen molar-refractivity contribution < 1.29 is 0 Å². The van der Waals surface area contributed by atoms with Crippen molar-refractivity contribution in [1.29, 1.82) is 0 Å². The van der Waals surface area contributed by atoms with Crippen LogP contribution in [0, 0.1) is 0 Å². The molecule has 0 bridgehead atoms. The Morgan fingerprint density at radius 3 is 2.72 bits per heavy atom. The molecule has 2 aromatic heterocycles. The fourth-order valence-corrected chi connectivity index (χ4v) is 1.84. The molecule has 0 unspecified atom stereocenters. The van der Waals surface area contributed by atoms with Gasteiger partial charge in [0.05, 0.1) is 12.5 Å². The first-order chi connectivity index (χ1) is 8.74. The second-order valence-electron chi connectivity index (χ2n) is 4.24. The normalized spacial score (nSPS) is 10.6. The van der Waals surface area contributed by atoms with E-state index in [1.54, 1.807) is 12.5 Å². The molecule has 0 spiro atoms. The third kappa shape index (κ3) is 2.67. The molecule has 0 aliphatic heterocycles. The highest BCUT2D eigenvalue weighted by Crippen LogP contribution is 2.17. The second kappa shape index (κ2) is 5.62. The molecule has 0 aliphatic carbocycles. The van der Waals surface area contributed by atoms with Gasteiger partial charge >= 0.3 is 0 Å². The van der Waals surface area contributed by atoms with Crippen LogP contribution in [0.4, 0.5) is 5.82 Å². The van der Waals surface area contributed by atoms with E-state index in [4.69, 9.17) is 0 Å². The van der Waals surface area contributed by atoms with Crippen LogP contribution < -0.4 is 5.32 Å². The Morgan fingerprint density at radius 2 is 2.11 bits per heavy atom. The van der Waals surface area contributed by atoms with Crippen LogP contribution in [0.2, 0.25) is 0 Å². The lowest BCUT2D eigenvalue weighted by atomic mass is 10.2. The maximum Gasteiger partial charge on any atom is 0.180 e. The molecule has 0 aromatic carbocycles. The van der Waals surface area contributed by atoms with E-state index < -0.39 is 0 Å². The molecule has 0 fully saturated rings. The lowest BCUT2D eigenvalue weighted by molar-refractivity contribution is 0.862. The monoisotopic (exact) mass is 245 g/mol. The van der Waals surface area contributed by atoms with E-state index >= 15 is 0 Å². The van der Waals surface area contributed by atoms with Gasteiger partial charge in [0, 0.05) is 25.4 Å². The summed E-state index contributed by atoms with van der Waals surface area (Å²) < 4.78 is 1.93. The lowest BCUT2D eigenvalue weighted by Gasteiger charge is -2.08. The largest absolute Gasteiger partial charge is 0.370 e. The van der Waals surface area contributed by atoms with Gasteiger partial charge in [0.25, 0.3) is 0 Å². The molecule has 2 aromatic rings. The first-order valence-corrected chi connectivity index (χ1v) is 6.33. The SMILES string of the molecule is CCCc1cc(NCC)nc(-c2cncn2C)n1. The van der Waals surface area contributed by atoms with E-state index in [2.05, 4.69) is 34.1 Å². The molecule has 18 heavy (non-hydrogen) atoms. The molecule has 0 saturated carbocycles. The van der Waals surface area contributed by atoms with Gasteiger partial charge in [-0.25, -0.2) is 15.0 Å². The first kappa shape index (κ1) is 12.5. The Balaban J connectivity index is 2.42. The van der Waals surface area contributed by atoms with E-state index in [1.807, 2.05) is 17.7 Å². The van der Waals surface area contributed by atoms with Gasteiger partial charge in [-0.05, 0) is 13.3 Å². The topological polar surface area (TPSA) is 55.6 Å². The Labute approximate surface area is 107 Å². The fraction of sp³-hybridized carbons (Fsp3) is 0.462. The van der Waals surface area contributed by atoms with E-state index in [9.17, 15) is 0 Å². The number of imidazole rings is 1. The maximum absolute atomic E-state index is 4.60. The standard InChI is InChI=1S/C13H19N5/c1-4-6-10-7-12(15-5-2)17-13(16-10)11-8-14-9-18(11)3/h7-9H,4-6H2,1-3H3,(H,15,16,17). The van der Waals surface area contributed by atoms with Gasteiger partial charge in [-0.1, -0.05) is 13.3 Å². The number of rotatable bonds is 5. The predicted molar refractivity (Wildman–Crippen MR) is 72.4 cm³/mol. The van der Waals surface area contributed by atoms with Gasteiger partial charge in [-0.3, -0.25) is 0 Å². The summed E-state index contributed by atoms with van der Waals surface area (Å²) >= 11 is 0. The van der Waals surface area contributed by atoms with E-state index in [0.29, 0.717) is 0 Å². The van der Waals surface area contributed by atoms with Crippen molar-refractivity contribution in [3.8, 4) is 11.5 Å². The van der Waals surface area contributed by atoms with Crippen molar-refractivity contribution >= 4 is 5.82 Å². The average Bonchev–Trinajstić information content (AvgIpc) is 2.76. The van der Waals surface area contributed by atoms with Gasteiger partial charge in [0.2, 0.25) is 0 Å². The van der Waals surface area contributed by atoms with Crippen LogP contribution in [0.1, 0.15) is 26.0 Å². The Hall–Kier alpha value is -1.91. The predicted octanol–water partition coefficient (Wildman–Crippen LogP) is 2.26. The van der Waals surface area contributed by atoms with E-state index in [-0.39, 0.29) is 0 Å². The highest BCUT2D eigenvalue weighted by Gasteiger charge is 2.09. The number of aromatic nitrogens is 4. The Kier molecular flexibility index (Phi) is 3.92. The van der Waals surface area contributed by atoms with Crippen molar-refractivity contribution in [3.05, 3.63) is 24.3 Å². The number of hydrogen-bond acceptors (Lipinski definition) is 4. The average molecular weight is 245 g/mol. The minimum Gasteiger partial charge on any atom is -0.370 e. The van der Waals surface area contributed by atoms with Crippen molar-refractivity contribution in [2.45, 2.75) is 26.7 Å². The van der Waals surface area contributed by atoms with Gasteiger partial charge < -0.3 is 9.88 Å². The minimum absolute atomic E-state index is 0.733. The molecule has 0 saturated heterocycles. The minimum atomic E-state index is 0.733. The number of aryl methyl sites for hydroxylation is 2. The summed E-state index contributed by atoms with van der Waals surface area (Å²) in [6.07, 6.45) is 5.60. The number of hydrogen-bond donors (Lipinski definition) is 1. The molecule has 96 valence electrons. The maximum atomic E-state index is 4.60. The molecule has 1 N–H and O–H groups in total. The lowest BCUT2D eigenvalue weighted by Crippen LogP contribution is -2.05. The van der Waals surface area contributed by atoms with Crippen molar-refractivity contribution in [2.75, 3.05) is 11.9 Å². The van der Waals surface area contributed by atoms with Gasteiger partial charge in [-0.2, -0.15) is 0 Å². The number of nitrogens with one attached hydrogen (secondary N) is 1. The molecule has 5 nitrogen and oxygen atoms in total. The van der Waals surface area contributed by atoms with E-state index in [0.717, 1.165) is 42.4 Å². The third-order valence-electron chi connectivity index (χ3n) is 2.69. The Bertz CT molecular complexity index is 494. The van der Waals surface area contributed by atoms with Crippen LogP contribution in [0.25, 0.3) is 11.5 Å². The summed E-state index contributed by atoms with van der Waals surface area (Å²) in [6, 6.07) is 2.02. The summed E-state index contributed by atoms with van der Waals surface area (Å²) in [6.45, 7) is 5.07. The zero-order valence-corrected chi connectivity index (χ0v) is 11.1. The van der Waals surface area contributed by atoms with Crippen molar-refractivity contribution in [1.82, 2.24) is 19.5 Å². The van der Waals surface area contributed by atoms with Crippen molar-refractivity contribution in [3.63, 3.8) is 0 Å². The van der Waals surface area contributed by atoms with Crippen LogP contribution >= 0.6 is 0 Å². The molecule has 0 aliphatic rings. The van der Waals surface area contributed by atoms with Crippen LogP contribution in [0.15, 0.2) is 18.6 Å². The first-order valence-electron chi connectivity index (χ1n) is 6.33. The highest BCUT2D eigenvalue weighted by molar-refractivity contribution is 5.52. The second-order valence-corrected chi connectivity index (χ2v) is 4.24. The number of nitrogens with zero attached hydrogens (tertiary/aromatic N) is 4. The summed E-state index contributed by atoms with van der Waals surface area (Å²) in [5.41, 5.74) is 2.01. The molecule has 2 rings (SSSR count). The van der Waals surface area contributed by atoms with Crippen LogP contribution in [0.3, 0.4) is 0 Å². The third-order valence-corrected chi connectivity index (χ3v) is 2.69. The molecular weight excluding hydrogens is 226 g/mol. The summed E-state index contributed by atoms with van der Waals surface area (Å²) in [7, 11) is 1.95. The molecular formula is C13H19N5. The molecule has 0 amide bonds. The summed E-state index contributed by atoms with van der Waals surface area (Å²) in [4.78, 5) is 13.2. The van der Waals surface area contributed by atoms with Gasteiger partial charge in [0.1, 0.15) is 11.5 Å². The van der Waals surface area contributed by atoms with Crippen LogP contribution in [0.5, 0.6) is 0 Å². The molecule has 5 heteroatoms. The smallest absolute Gasteiger partial charge is 0.180 e. The highest BCUT2D eigenvalue weighted by atomic mass is 15.1. The van der Waals surface area contributed by atoms with Crippen LogP contribution in [-0.2, 0) is 13.5 Å². The summed E-state index contributed by atoms with van der Waals surface area (Å²) in [5, 5.41) is 3.25. The van der Waals surface area contributed by atoms with Crippen LogP contribution in [-0.4, -0.2) is 26.1 Å². The zero-order chi connectivity index (χ0) is 13.0. The molecule has 0 atom stereocenters.